The number of para-hydroxylation sites is 1. The summed E-state index contributed by atoms with van der Waals surface area (Å²) < 4.78 is 22.9. The van der Waals surface area contributed by atoms with E-state index in [4.69, 9.17) is 5.14 Å². The summed E-state index contributed by atoms with van der Waals surface area (Å²) in [5.74, 6) is -0.253. The normalized spacial score (nSPS) is 12.5. The lowest BCUT2D eigenvalue weighted by molar-refractivity contribution is 0.0941. The highest BCUT2D eigenvalue weighted by molar-refractivity contribution is 7.89. The minimum atomic E-state index is -3.77. The number of hydrogen-bond donors (Lipinski definition) is 2. The lowest BCUT2D eigenvalue weighted by Crippen LogP contribution is -2.27. The second kappa shape index (κ2) is 8.25. The Morgan fingerprint density at radius 2 is 1.68 bits per heavy atom. The van der Waals surface area contributed by atoms with E-state index in [0.29, 0.717) is 16.8 Å². The van der Waals surface area contributed by atoms with E-state index < -0.39 is 10.0 Å². The van der Waals surface area contributed by atoms with Crippen molar-refractivity contribution in [2.24, 2.45) is 5.14 Å². The van der Waals surface area contributed by atoms with Crippen molar-refractivity contribution >= 4 is 26.8 Å². The van der Waals surface area contributed by atoms with Gasteiger partial charge < -0.3 is 5.32 Å². The number of sulfonamides is 1. The lowest BCUT2D eigenvalue weighted by atomic mass is 10.0. The molecule has 1 amide bonds. The fraction of sp³-hybridized carbons (Fsp3) is 0.0870. The van der Waals surface area contributed by atoms with Crippen molar-refractivity contribution in [3.8, 4) is 11.3 Å². The van der Waals surface area contributed by atoms with Gasteiger partial charge >= 0.3 is 0 Å². The van der Waals surface area contributed by atoms with Crippen LogP contribution in [-0.2, 0) is 10.0 Å². The molecule has 1 unspecified atom stereocenters. The van der Waals surface area contributed by atoms with Crippen LogP contribution in [0.4, 0.5) is 0 Å². The molecule has 0 fully saturated rings. The Kier molecular flexibility index (Phi) is 5.50. The maximum atomic E-state index is 13.2. The summed E-state index contributed by atoms with van der Waals surface area (Å²) >= 11 is 0. The van der Waals surface area contributed by atoms with Crippen LogP contribution >= 0.6 is 0 Å². The highest BCUT2D eigenvalue weighted by Crippen LogP contribution is 2.25. The average Bonchev–Trinajstić information content (AvgIpc) is 2.78. The van der Waals surface area contributed by atoms with Gasteiger partial charge in [0, 0.05) is 23.3 Å². The Hall–Kier alpha value is -3.62. The number of pyridine rings is 2. The highest BCUT2D eigenvalue weighted by Gasteiger charge is 2.17. The van der Waals surface area contributed by atoms with Crippen LogP contribution in [0.5, 0.6) is 0 Å². The van der Waals surface area contributed by atoms with Gasteiger partial charge in [-0.2, -0.15) is 0 Å². The number of fused-ring (bicyclic) bond motifs is 1. The van der Waals surface area contributed by atoms with Crippen molar-refractivity contribution < 1.29 is 13.2 Å². The number of nitrogens with one attached hydrogen (secondary N) is 1. The topological polar surface area (TPSA) is 115 Å². The van der Waals surface area contributed by atoms with Crippen LogP contribution in [0.1, 0.15) is 28.9 Å². The first-order chi connectivity index (χ1) is 14.8. The molecule has 0 saturated carbocycles. The van der Waals surface area contributed by atoms with Gasteiger partial charge in [-0.25, -0.2) is 18.5 Å². The number of aromatic nitrogens is 2. The van der Waals surface area contributed by atoms with E-state index in [-0.39, 0.29) is 16.8 Å². The third-order valence-corrected chi connectivity index (χ3v) is 5.92. The van der Waals surface area contributed by atoms with Gasteiger partial charge in [-0.3, -0.25) is 9.78 Å². The predicted molar refractivity (Wildman–Crippen MR) is 119 cm³/mol. The van der Waals surface area contributed by atoms with E-state index in [1.54, 1.807) is 30.6 Å². The zero-order chi connectivity index (χ0) is 22.0. The summed E-state index contributed by atoms with van der Waals surface area (Å²) in [6, 6.07) is 18.7. The second-order valence-corrected chi connectivity index (χ2v) is 8.68. The summed E-state index contributed by atoms with van der Waals surface area (Å²) in [5.41, 5.74) is 3.52. The Morgan fingerprint density at radius 1 is 1.00 bits per heavy atom. The molecule has 31 heavy (non-hydrogen) atoms. The molecule has 0 bridgehead atoms. The largest absolute Gasteiger partial charge is 0.345 e. The number of primary sulfonamides is 1. The minimum Gasteiger partial charge on any atom is -0.345 e. The standard InChI is InChI=1S/C23H20N4O3S/c1-15(16-6-8-18(9-7-16)31(24,29)30)26-23(28)20-14-22(17-10-12-25-13-11-17)27-21-5-3-2-4-19(20)21/h2-15H,1H3,(H,26,28)(H2,24,29,30). The number of nitrogens with zero attached hydrogens (tertiary/aromatic N) is 2. The Balaban J connectivity index is 1.67. The third kappa shape index (κ3) is 4.45. The van der Waals surface area contributed by atoms with Gasteiger partial charge in [0.15, 0.2) is 0 Å². The second-order valence-electron chi connectivity index (χ2n) is 7.12. The van der Waals surface area contributed by atoms with Crippen molar-refractivity contribution in [2.75, 3.05) is 0 Å². The van der Waals surface area contributed by atoms with E-state index in [9.17, 15) is 13.2 Å². The number of nitrogens with two attached hydrogens (primary N) is 1. The zero-order valence-electron chi connectivity index (χ0n) is 16.7. The predicted octanol–water partition coefficient (Wildman–Crippen LogP) is 3.44. The molecule has 8 heteroatoms. The van der Waals surface area contributed by atoms with Gasteiger partial charge in [-0.05, 0) is 48.9 Å². The molecule has 156 valence electrons. The van der Waals surface area contributed by atoms with Crippen LogP contribution in [0.2, 0.25) is 0 Å². The first-order valence-electron chi connectivity index (χ1n) is 9.57. The van der Waals surface area contributed by atoms with Crippen LogP contribution in [0.25, 0.3) is 22.2 Å². The van der Waals surface area contributed by atoms with Crippen molar-refractivity contribution in [2.45, 2.75) is 17.9 Å². The molecule has 4 rings (SSSR count). The van der Waals surface area contributed by atoms with Gasteiger partial charge in [0.2, 0.25) is 10.0 Å². The van der Waals surface area contributed by atoms with Crippen molar-refractivity contribution in [1.82, 2.24) is 15.3 Å². The Labute approximate surface area is 180 Å². The Morgan fingerprint density at radius 3 is 2.35 bits per heavy atom. The average molecular weight is 433 g/mol. The lowest BCUT2D eigenvalue weighted by Gasteiger charge is -2.16. The molecular weight excluding hydrogens is 412 g/mol. The third-order valence-electron chi connectivity index (χ3n) is 4.99. The molecule has 0 aliphatic carbocycles. The quantitative estimate of drug-likeness (QED) is 0.501. The van der Waals surface area contributed by atoms with Gasteiger partial charge in [-0.1, -0.05) is 30.3 Å². The van der Waals surface area contributed by atoms with Crippen LogP contribution < -0.4 is 10.5 Å². The van der Waals surface area contributed by atoms with Crippen LogP contribution in [0, 0.1) is 0 Å². The van der Waals surface area contributed by atoms with Crippen LogP contribution in [-0.4, -0.2) is 24.3 Å². The molecule has 0 saturated heterocycles. The molecule has 3 N–H and O–H groups in total. The number of benzene rings is 2. The first kappa shape index (κ1) is 20.6. The summed E-state index contributed by atoms with van der Waals surface area (Å²) in [6.07, 6.45) is 3.36. The molecule has 4 aromatic rings. The molecular formula is C23H20N4O3S. The van der Waals surface area contributed by atoms with Crippen LogP contribution in [0.15, 0.2) is 84.0 Å². The molecule has 0 spiro atoms. The fourth-order valence-corrected chi connectivity index (χ4v) is 3.85. The van der Waals surface area contributed by atoms with E-state index >= 15 is 0 Å². The molecule has 7 nitrogen and oxygen atoms in total. The molecule has 2 heterocycles. The number of carbonyl (C=O) groups excluding carboxylic acids is 1. The molecule has 2 aromatic carbocycles. The molecule has 2 aromatic heterocycles. The maximum absolute atomic E-state index is 13.2. The van der Waals surface area contributed by atoms with Gasteiger partial charge in [0.05, 0.1) is 27.7 Å². The molecule has 0 aliphatic rings. The van der Waals surface area contributed by atoms with E-state index in [1.807, 2.05) is 43.3 Å². The summed E-state index contributed by atoms with van der Waals surface area (Å²) in [7, 11) is -3.77. The van der Waals surface area contributed by atoms with Gasteiger partial charge in [0.1, 0.15) is 0 Å². The molecule has 0 aliphatic heterocycles. The maximum Gasteiger partial charge on any atom is 0.252 e. The number of carbonyl (C=O) groups is 1. The minimum absolute atomic E-state index is 0.0249. The van der Waals surface area contributed by atoms with E-state index in [2.05, 4.69) is 15.3 Å². The number of hydrogen-bond acceptors (Lipinski definition) is 5. The van der Waals surface area contributed by atoms with Crippen LogP contribution in [0.3, 0.4) is 0 Å². The fourth-order valence-electron chi connectivity index (χ4n) is 3.34. The SMILES string of the molecule is CC(NC(=O)c1cc(-c2ccncc2)nc2ccccc12)c1ccc(S(N)(=O)=O)cc1. The summed E-state index contributed by atoms with van der Waals surface area (Å²) in [4.78, 5) is 21.9. The van der Waals surface area contributed by atoms with Crippen molar-refractivity contribution in [3.05, 3.63) is 90.3 Å². The Bertz CT molecular complexity index is 1350. The molecule has 0 radical (unpaired) electrons. The summed E-state index contributed by atoms with van der Waals surface area (Å²) in [6.45, 7) is 1.83. The monoisotopic (exact) mass is 432 g/mol. The smallest absolute Gasteiger partial charge is 0.252 e. The summed E-state index contributed by atoms with van der Waals surface area (Å²) in [5, 5.41) is 8.87. The first-order valence-corrected chi connectivity index (χ1v) is 11.1. The zero-order valence-corrected chi connectivity index (χ0v) is 17.5. The number of rotatable bonds is 5. The van der Waals surface area contributed by atoms with Gasteiger partial charge in [-0.15, -0.1) is 0 Å². The van der Waals surface area contributed by atoms with Crippen molar-refractivity contribution in [3.63, 3.8) is 0 Å². The molecule has 1 atom stereocenters. The van der Waals surface area contributed by atoms with Crippen molar-refractivity contribution in [1.29, 1.82) is 0 Å². The van der Waals surface area contributed by atoms with Gasteiger partial charge in [0.25, 0.3) is 5.91 Å². The van der Waals surface area contributed by atoms with E-state index in [1.165, 1.54) is 12.1 Å². The highest BCUT2D eigenvalue weighted by atomic mass is 32.2. The van der Waals surface area contributed by atoms with E-state index in [0.717, 1.165) is 16.5 Å². The number of amides is 1.